The lowest BCUT2D eigenvalue weighted by Gasteiger charge is -2.03. The molecule has 4 nitrogen and oxygen atoms in total. The van der Waals surface area contributed by atoms with Crippen LogP contribution in [0.15, 0.2) is 0 Å². The van der Waals surface area contributed by atoms with E-state index in [2.05, 4.69) is 20.8 Å². The first kappa shape index (κ1) is 13.2. The van der Waals surface area contributed by atoms with E-state index in [1.165, 1.54) is 0 Å². The van der Waals surface area contributed by atoms with E-state index in [0.29, 0.717) is 24.4 Å². The van der Waals surface area contributed by atoms with E-state index < -0.39 is 11.2 Å². The second-order valence-corrected chi connectivity index (χ2v) is 4.06. The van der Waals surface area contributed by atoms with Crippen molar-refractivity contribution in [1.29, 1.82) is 0 Å². The zero-order chi connectivity index (χ0) is 12.0. The van der Waals surface area contributed by atoms with Gasteiger partial charge in [-0.25, -0.2) is 0 Å². The highest BCUT2D eigenvalue weighted by Gasteiger charge is 2.35. The van der Waals surface area contributed by atoms with Crippen LogP contribution in [0, 0.1) is 0 Å². The Kier molecular flexibility index (Phi) is 4.94. The van der Waals surface area contributed by atoms with Crippen LogP contribution in [0.2, 0.25) is 0 Å². The van der Waals surface area contributed by atoms with Crippen LogP contribution in [-0.2, 0) is 6.18 Å². The van der Waals surface area contributed by atoms with Crippen molar-refractivity contribution >= 4 is 16.5 Å². The largest absolute Gasteiger partial charge is 0.445 e. The third-order valence-corrected chi connectivity index (χ3v) is 2.60. The number of rotatable bonds is 6. The summed E-state index contributed by atoms with van der Waals surface area (Å²) in [5.74, 6) is 0. The molecule has 8 heteroatoms. The van der Waals surface area contributed by atoms with E-state index in [-0.39, 0.29) is 5.13 Å². The minimum atomic E-state index is -4.40. The first-order valence-corrected chi connectivity index (χ1v) is 5.71. The summed E-state index contributed by atoms with van der Waals surface area (Å²) in [5, 5.41) is 11.6. The van der Waals surface area contributed by atoms with Crippen molar-refractivity contribution in [3.8, 4) is 0 Å². The Balaban J connectivity index is 2.30. The van der Waals surface area contributed by atoms with E-state index in [9.17, 15) is 13.2 Å². The summed E-state index contributed by atoms with van der Waals surface area (Å²) in [7, 11) is 0. The lowest BCUT2D eigenvalue weighted by molar-refractivity contribution is -0.138. The van der Waals surface area contributed by atoms with Crippen molar-refractivity contribution in [2.24, 2.45) is 0 Å². The molecule has 0 aliphatic heterocycles. The molecule has 0 amide bonds. The first-order chi connectivity index (χ1) is 7.54. The molecule has 1 aromatic heterocycles. The smallest absolute Gasteiger partial charge is 0.359 e. The van der Waals surface area contributed by atoms with Crippen LogP contribution in [0.3, 0.4) is 0 Å². The molecule has 0 unspecified atom stereocenters. The molecule has 0 spiro atoms. The molecule has 0 atom stereocenters. The average Bonchev–Trinajstić information content (AvgIpc) is 2.65. The van der Waals surface area contributed by atoms with E-state index >= 15 is 0 Å². The highest BCUT2D eigenvalue weighted by Crippen LogP contribution is 2.32. The van der Waals surface area contributed by atoms with Gasteiger partial charge in [0, 0.05) is 13.1 Å². The molecule has 2 N–H and O–H groups in total. The Bertz CT molecular complexity index is 312. The monoisotopic (exact) mass is 254 g/mol. The second kappa shape index (κ2) is 6.00. The van der Waals surface area contributed by atoms with E-state index in [0.717, 1.165) is 13.0 Å². The van der Waals surface area contributed by atoms with E-state index in [1.807, 2.05) is 6.92 Å². The van der Waals surface area contributed by atoms with Gasteiger partial charge in [0.15, 0.2) is 0 Å². The molecule has 1 aromatic rings. The fraction of sp³-hybridized carbons (Fsp3) is 0.750. The normalized spacial score (nSPS) is 11.8. The van der Waals surface area contributed by atoms with Crippen molar-refractivity contribution in [3.63, 3.8) is 0 Å². The Morgan fingerprint density at radius 3 is 2.50 bits per heavy atom. The van der Waals surface area contributed by atoms with E-state index in [1.54, 1.807) is 0 Å². The fourth-order valence-electron chi connectivity index (χ4n) is 0.969. The highest BCUT2D eigenvalue weighted by atomic mass is 32.1. The molecule has 0 aliphatic rings. The number of hydrogen-bond acceptors (Lipinski definition) is 5. The molecule has 92 valence electrons. The molecule has 0 radical (unpaired) electrons. The number of nitrogens with one attached hydrogen (secondary N) is 2. The van der Waals surface area contributed by atoms with Gasteiger partial charge < -0.3 is 10.6 Å². The third-order valence-electron chi connectivity index (χ3n) is 1.67. The van der Waals surface area contributed by atoms with Crippen molar-refractivity contribution < 1.29 is 13.2 Å². The molecule has 0 bridgehead atoms. The number of alkyl halides is 3. The van der Waals surface area contributed by atoms with Gasteiger partial charge in [-0.2, -0.15) is 13.2 Å². The SMILES string of the molecule is CCCNCCNc1nnc(C(F)(F)F)s1. The highest BCUT2D eigenvalue weighted by molar-refractivity contribution is 7.15. The maximum Gasteiger partial charge on any atom is 0.445 e. The molecule has 0 aromatic carbocycles. The number of anilines is 1. The predicted molar refractivity (Wildman–Crippen MR) is 56.6 cm³/mol. The summed E-state index contributed by atoms with van der Waals surface area (Å²) in [5.41, 5.74) is 0. The number of hydrogen-bond donors (Lipinski definition) is 2. The quantitative estimate of drug-likeness (QED) is 0.762. The summed E-state index contributed by atoms with van der Waals surface area (Å²) in [6.07, 6.45) is -3.38. The molecule has 1 rings (SSSR count). The lowest BCUT2D eigenvalue weighted by atomic mass is 10.5. The van der Waals surface area contributed by atoms with Gasteiger partial charge in [0.25, 0.3) is 0 Å². The Hall–Kier alpha value is -0.890. The fourth-order valence-corrected chi connectivity index (χ4v) is 1.61. The molecule has 0 aliphatic carbocycles. The van der Waals surface area contributed by atoms with E-state index in [4.69, 9.17) is 0 Å². The van der Waals surface area contributed by atoms with Gasteiger partial charge >= 0.3 is 6.18 Å². The van der Waals surface area contributed by atoms with Gasteiger partial charge in [-0.15, -0.1) is 10.2 Å². The maximum absolute atomic E-state index is 12.2. The van der Waals surface area contributed by atoms with Crippen LogP contribution in [0.4, 0.5) is 18.3 Å². The summed E-state index contributed by atoms with van der Waals surface area (Å²) in [4.78, 5) is 0. The van der Waals surface area contributed by atoms with Crippen LogP contribution in [-0.4, -0.2) is 29.8 Å². The first-order valence-electron chi connectivity index (χ1n) is 4.89. The van der Waals surface area contributed by atoms with Crippen molar-refractivity contribution in [1.82, 2.24) is 15.5 Å². The average molecular weight is 254 g/mol. The molecule has 16 heavy (non-hydrogen) atoms. The Labute approximate surface area is 95.3 Å². The molecular formula is C8H13F3N4S. The number of aromatic nitrogens is 2. The Morgan fingerprint density at radius 2 is 1.94 bits per heavy atom. The maximum atomic E-state index is 12.2. The summed E-state index contributed by atoms with van der Waals surface area (Å²) < 4.78 is 36.5. The molecule has 0 saturated carbocycles. The molecule has 0 fully saturated rings. The van der Waals surface area contributed by atoms with Gasteiger partial charge in [0.05, 0.1) is 0 Å². The summed E-state index contributed by atoms with van der Waals surface area (Å²) >= 11 is 0.517. The molecular weight excluding hydrogens is 241 g/mol. The van der Waals surface area contributed by atoms with Crippen molar-refractivity contribution in [2.45, 2.75) is 19.5 Å². The lowest BCUT2D eigenvalue weighted by Crippen LogP contribution is -2.22. The van der Waals surface area contributed by atoms with Crippen LogP contribution in [0.1, 0.15) is 18.4 Å². The van der Waals surface area contributed by atoms with Crippen LogP contribution in [0.5, 0.6) is 0 Å². The van der Waals surface area contributed by atoms with Crippen molar-refractivity contribution in [3.05, 3.63) is 5.01 Å². The van der Waals surface area contributed by atoms with Gasteiger partial charge in [-0.3, -0.25) is 0 Å². The minimum Gasteiger partial charge on any atom is -0.359 e. The van der Waals surface area contributed by atoms with Gasteiger partial charge in [-0.1, -0.05) is 18.3 Å². The topological polar surface area (TPSA) is 49.8 Å². The van der Waals surface area contributed by atoms with Gasteiger partial charge in [0.1, 0.15) is 0 Å². The standard InChI is InChI=1S/C8H13F3N4S/c1-2-3-12-4-5-13-7-15-14-6(16-7)8(9,10)11/h12H,2-5H2,1H3,(H,13,15). The van der Waals surface area contributed by atoms with Crippen LogP contribution < -0.4 is 10.6 Å². The summed E-state index contributed by atoms with van der Waals surface area (Å²) in [6, 6.07) is 0. The number of halogens is 3. The molecule has 0 saturated heterocycles. The van der Waals surface area contributed by atoms with Gasteiger partial charge in [-0.05, 0) is 13.0 Å². The number of nitrogens with zero attached hydrogens (tertiary/aromatic N) is 2. The zero-order valence-electron chi connectivity index (χ0n) is 8.76. The minimum absolute atomic E-state index is 0.200. The van der Waals surface area contributed by atoms with Crippen molar-refractivity contribution in [2.75, 3.05) is 25.0 Å². The molecule has 1 heterocycles. The second-order valence-electron chi connectivity index (χ2n) is 3.09. The Morgan fingerprint density at radius 1 is 1.19 bits per heavy atom. The van der Waals surface area contributed by atoms with Crippen LogP contribution >= 0.6 is 11.3 Å². The zero-order valence-corrected chi connectivity index (χ0v) is 9.58. The summed E-state index contributed by atoms with van der Waals surface area (Å²) in [6.45, 7) is 4.16. The van der Waals surface area contributed by atoms with Gasteiger partial charge in [0.2, 0.25) is 10.1 Å². The predicted octanol–water partition coefficient (Wildman–Crippen LogP) is 1.97. The third kappa shape index (κ3) is 4.31. The van der Waals surface area contributed by atoms with Crippen LogP contribution in [0.25, 0.3) is 0 Å².